The van der Waals surface area contributed by atoms with Gasteiger partial charge in [-0.15, -0.1) is 0 Å². The summed E-state index contributed by atoms with van der Waals surface area (Å²) >= 11 is 0. The zero-order chi connectivity index (χ0) is 20.9. The van der Waals surface area contributed by atoms with Crippen LogP contribution in [0.1, 0.15) is 52.5 Å². The molecule has 0 radical (unpaired) electrons. The number of carbonyl (C=O) groups excluding carboxylic acids is 3. The number of morpholine rings is 1. The number of ether oxygens (including phenoxy) is 1. The van der Waals surface area contributed by atoms with Crippen LogP contribution in [0.25, 0.3) is 0 Å². The molecule has 0 saturated carbocycles. The number of hydrogen-bond acceptors (Lipinski definition) is 4. The number of cyclic esters (lactones) is 1. The van der Waals surface area contributed by atoms with Crippen molar-refractivity contribution in [3.8, 4) is 0 Å². The average Bonchev–Trinajstić information content (AvgIpc) is 3.14. The molecule has 3 heterocycles. The molecule has 6 heteroatoms. The fourth-order valence-corrected chi connectivity index (χ4v) is 5.17. The molecule has 0 N–H and O–H groups in total. The lowest BCUT2D eigenvalue weighted by atomic mass is 9.75. The number of rotatable bonds is 5. The summed E-state index contributed by atoms with van der Waals surface area (Å²) in [5.74, 6) is -0.328. The molecule has 3 aliphatic heterocycles. The molecule has 154 valence electrons. The number of para-hydroxylation sites is 1. The molecule has 0 aliphatic carbocycles. The minimum absolute atomic E-state index is 0.188. The van der Waals surface area contributed by atoms with Gasteiger partial charge in [-0.05, 0) is 50.7 Å². The van der Waals surface area contributed by atoms with Gasteiger partial charge < -0.3 is 9.64 Å². The van der Waals surface area contributed by atoms with Crippen molar-refractivity contribution in [1.82, 2.24) is 4.90 Å². The van der Waals surface area contributed by atoms with Gasteiger partial charge in [0.2, 0.25) is 6.41 Å². The van der Waals surface area contributed by atoms with Crippen LogP contribution < -0.4 is 4.90 Å². The van der Waals surface area contributed by atoms with E-state index in [2.05, 4.69) is 6.08 Å². The molecule has 4 atom stereocenters. The topological polar surface area (TPSA) is 66.9 Å². The van der Waals surface area contributed by atoms with Crippen molar-refractivity contribution in [2.45, 2.75) is 70.7 Å². The highest BCUT2D eigenvalue weighted by Gasteiger charge is 2.65. The van der Waals surface area contributed by atoms with Gasteiger partial charge in [0.15, 0.2) is 6.10 Å². The van der Waals surface area contributed by atoms with Gasteiger partial charge in [-0.1, -0.05) is 43.7 Å². The number of esters is 1. The van der Waals surface area contributed by atoms with Crippen LogP contribution in [-0.4, -0.2) is 41.5 Å². The van der Waals surface area contributed by atoms with Crippen molar-refractivity contribution in [1.29, 1.82) is 0 Å². The lowest BCUT2D eigenvalue weighted by Gasteiger charge is -2.40. The van der Waals surface area contributed by atoms with Gasteiger partial charge >= 0.3 is 5.97 Å². The maximum Gasteiger partial charge on any atom is 0.329 e. The van der Waals surface area contributed by atoms with E-state index in [-0.39, 0.29) is 17.8 Å². The highest BCUT2D eigenvalue weighted by molar-refractivity contribution is 5.96. The molecule has 0 aromatic heterocycles. The summed E-state index contributed by atoms with van der Waals surface area (Å²) in [6, 6.07) is 7.13. The lowest BCUT2D eigenvalue weighted by Crippen LogP contribution is -2.60. The van der Waals surface area contributed by atoms with Crippen LogP contribution >= 0.6 is 0 Å². The average molecular weight is 396 g/mol. The van der Waals surface area contributed by atoms with Crippen LogP contribution in [0.2, 0.25) is 0 Å². The lowest BCUT2D eigenvalue weighted by molar-refractivity contribution is -0.178. The molecule has 6 nitrogen and oxygen atoms in total. The second-order valence-electron chi connectivity index (χ2n) is 9.07. The summed E-state index contributed by atoms with van der Waals surface area (Å²) in [6.45, 7) is 8.06. The Bertz CT molecular complexity index is 889. The van der Waals surface area contributed by atoms with Gasteiger partial charge in [0.25, 0.3) is 5.91 Å². The van der Waals surface area contributed by atoms with E-state index in [1.54, 1.807) is 9.80 Å². The highest BCUT2D eigenvalue weighted by Crippen LogP contribution is 2.56. The Kier molecular flexibility index (Phi) is 4.75. The quantitative estimate of drug-likeness (QED) is 0.436. The molecule has 4 rings (SSSR count). The maximum atomic E-state index is 13.4. The van der Waals surface area contributed by atoms with Crippen LogP contribution in [0, 0.1) is 5.92 Å². The summed E-state index contributed by atoms with van der Waals surface area (Å²) in [4.78, 5) is 41.8. The Labute approximate surface area is 171 Å². The van der Waals surface area contributed by atoms with Crippen LogP contribution in [-0.2, 0) is 24.5 Å². The molecule has 2 amide bonds. The van der Waals surface area contributed by atoms with E-state index in [4.69, 9.17) is 4.74 Å². The Balaban J connectivity index is 1.85. The van der Waals surface area contributed by atoms with Gasteiger partial charge in [0.05, 0.1) is 0 Å². The molecular weight excluding hydrogens is 368 g/mol. The van der Waals surface area contributed by atoms with Crippen LogP contribution in [0.4, 0.5) is 5.69 Å². The standard InChI is InChI=1S/C23H28N2O4/c1-14(2)9-10-23-12-18-21(28)29-19(11-15(3)4)20(27)25(18)22(23)24(13-26)17-8-6-5-7-16(17)23/h5-9,13,15,18-19,22H,10-12H2,1-4H3. The van der Waals surface area contributed by atoms with Crippen molar-refractivity contribution in [2.24, 2.45) is 5.92 Å². The monoisotopic (exact) mass is 396 g/mol. The van der Waals surface area contributed by atoms with Crippen molar-refractivity contribution in [3.05, 3.63) is 41.5 Å². The van der Waals surface area contributed by atoms with E-state index < -0.39 is 23.7 Å². The summed E-state index contributed by atoms with van der Waals surface area (Å²) in [5.41, 5.74) is 2.49. The Hall–Kier alpha value is -2.63. The van der Waals surface area contributed by atoms with Gasteiger partial charge in [-0.2, -0.15) is 0 Å². The first-order valence-electron chi connectivity index (χ1n) is 10.3. The smallest absolute Gasteiger partial charge is 0.329 e. The third kappa shape index (κ3) is 2.88. The second-order valence-corrected chi connectivity index (χ2v) is 9.07. The first kappa shape index (κ1) is 19.7. The van der Waals surface area contributed by atoms with E-state index in [1.165, 1.54) is 0 Å². The minimum Gasteiger partial charge on any atom is -0.451 e. The minimum atomic E-state index is -0.782. The number of carbonyl (C=O) groups is 3. The summed E-state index contributed by atoms with van der Waals surface area (Å²) in [5, 5.41) is 0. The van der Waals surface area contributed by atoms with Gasteiger partial charge in [0.1, 0.15) is 12.2 Å². The highest BCUT2D eigenvalue weighted by atomic mass is 16.6. The third-order valence-electron chi connectivity index (χ3n) is 6.37. The van der Waals surface area contributed by atoms with Crippen LogP contribution in [0.15, 0.2) is 35.9 Å². The van der Waals surface area contributed by atoms with E-state index in [1.807, 2.05) is 52.0 Å². The Morgan fingerprint density at radius 1 is 1.28 bits per heavy atom. The van der Waals surface area contributed by atoms with E-state index in [0.717, 1.165) is 23.2 Å². The molecule has 4 unspecified atom stereocenters. The number of anilines is 1. The molecule has 29 heavy (non-hydrogen) atoms. The van der Waals surface area contributed by atoms with Gasteiger partial charge in [0, 0.05) is 11.1 Å². The van der Waals surface area contributed by atoms with Crippen molar-refractivity contribution >= 4 is 24.0 Å². The summed E-state index contributed by atoms with van der Waals surface area (Å²) in [6.07, 6.45) is 3.24. The fourth-order valence-electron chi connectivity index (χ4n) is 5.17. The summed E-state index contributed by atoms with van der Waals surface area (Å²) in [7, 11) is 0. The second kappa shape index (κ2) is 7.01. The largest absolute Gasteiger partial charge is 0.451 e. The summed E-state index contributed by atoms with van der Waals surface area (Å²) < 4.78 is 5.56. The SMILES string of the molecule is CC(C)=CCC12CC3C(=O)OC(CC(C)C)C(=O)N3C1N(C=O)c1ccccc12. The number of benzene rings is 1. The fraction of sp³-hybridized carbons (Fsp3) is 0.522. The number of amides is 2. The number of allylic oxidation sites excluding steroid dienone is 2. The normalized spacial score (nSPS) is 30.0. The zero-order valence-electron chi connectivity index (χ0n) is 17.4. The van der Waals surface area contributed by atoms with Crippen molar-refractivity contribution < 1.29 is 19.1 Å². The van der Waals surface area contributed by atoms with Crippen molar-refractivity contribution in [3.63, 3.8) is 0 Å². The Morgan fingerprint density at radius 3 is 2.66 bits per heavy atom. The molecular formula is C23H28N2O4. The predicted molar refractivity (Wildman–Crippen MR) is 109 cm³/mol. The molecule has 1 aromatic rings. The van der Waals surface area contributed by atoms with Crippen LogP contribution in [0.5, 0.6) is 0 Å². The number of nitrogens with zero attached hydrogens (tertiary/aromatic N) is 2. The van der Waals surface area contributed by atoms with Crippen LogP contribution in [0.3, 0.4) is 0 Å². The zero-order valence-corrected chi connectivity index (χ0v) is 17.4. The first-order chi connectivity index (χ1) is 13.8. The molecule has 2 fully saturated rings. The molecule has 2 saturated heterocycles. The number of hydrogen-bond donors (Lipinski definition) is 0. The third-order valence-corrected chi connectivity index (χ3v) is 6.37. The van der Waals surface area contributed by atoms with E-state index in [9.17, 15) is 14.4 Å². The Morgan fingerprint density at radius 2 is 2.00 bits per heavy atom. The molecule has 0 spiro atoms. The number of fused-ring (bicyclic) bond motifs is 5. The van der Waals surface area contributed by atoms with Gasteiger partial charge in [-0.25, -0.2) is 4.79 Å². The molecule has 3 aliphatic rings. The van der Waals surface area contributed by atoms with Gasteiger partial charge in [-0.3, -0.25) is 14.5 Å². The molecule has 0 bridgehead atoms. The predicted octanol–water partition coefficient (Wildman–Crippen LogP) is 3.16. The van der Waals surface area contributed by atoms with E-state index >= 15 is 0 Å². The molecule has 1 aromatic carbocycles. The first-order valence-corrected chi connectivity index (χ1v) is 10.3. The maximum absolute atomic E-state index is 13.4. The van der Waals surface area contributed by atoms with E-state index in [0.29, 0.717) is 19.3 Å². The van der Waals surface area contributed by atoms with Crippen molar-refractivity contribution in [2.75, 3.05) is 4.90 Å².